The van der Waals surface area contributed by atoms with Crippen LogP contribution in [0.4, 0.5) is 0 Å². The molecule has 0 saturated carbocycles. The highest BCUT2D eigenvalue weighted by Gasteiger charge is 2.34. The van der Waals surface area contributed by atoms with Gasteiger partial charge in [-0.15, -0.1) is 0 Å². The fraction of sp³-hybridized carbons (Fsp3) is 1.00. The third-order valence-corrected chi connectivity index (χ3v) is 12.1. The Labute approximate surface area is 192 Å². The molecule has 0 fully saturated rings. The summed E-state index contributed by atoms with van der Waals surface area (Å²) in [6.45, 7) is 7.35. The zero-order chi connectivity index (χ0) is 22.2. The Morgan fingerprint density at radius 1 is 0.367 bits per heavy atom. The van der Waals surface area contributed by atoms with Crippen LogP contribution < -0.4 is 0 Å². The minimum absolute atomic E-state index is 0.394. The molecule has 0 aromatic rings. The first-order chi connectivity index (χ1) is 14.7. The van der Waals surface area contributed by atoms with Gasteiger partial charge in [0, 0.05) is 13.9 Å². The maximum Gasteiger partial charge on any atom is 0.0595 e. The van der Waals surface area contributed by atoms with Gasteiger partial charge in [0.25, 0.3) is 0 Å². The maximum atomic E-state index is 9.37. The number of aliphatic hydroxyl groups excluding tert-OH is 1. The highest BCUT2D eigenvalue weighted by molar-refractivity contribution is 7.75. The van der Waals surface area contributed by atoms with Crippen molar-refractivity contribution in [2.75, 3.05) is 31.3 Å². The first-order valence-corrected chi connectivity index (χ1v) is 16.7. The molecule has 0 rings (SSSR count). The Hall–Kier alpha value is 0.390. The Kier molecular flexibility index (Phi) is 24.4. The van der Waals surface area contributed by atoms with Gasteiger partial charge in [-0.05, 0) is 51.4 Å². The van der Waals surface area contributed by atoms with E-state index in [1.165, 1.54) is 128 Å². The lowest BCUT2D eigenvalue weighted by molar-refractivity contribution is 0.287. The molecule has 0 atom stereocenters. The maximum absolute atomic E-state index is 9.37. The molecule has 0 radical (unpaired) electrons. The largest absolute Gasteiger partial charge is 0.396 e. The van der Waals surface area contributed by atoms with E-state index in [0.717, 1.165) is 6.42 Å². The highest BCUT2D eigenvalue weighted by Crippen LogP contribution is 2.61. The van der Waals surface area contributed by atoms with Gasteiger partial charge in [0.05, 0.1) is 24.6 Å². The molecule has 0 aliphatic carbocycles. The zero-order valence-corrected chi connectivity index (χ0v) is 22.5. The van der Waals surface area contributed by atoms with Crippen molar-refractivity contribution in [1.82, 2.24) is 0 Å². The zero-order valence-electron chi connectivity index (χ0n) is 21.6. The van der Waals surface area contributed by atoms with Gasteiger partial charge in [0.1, 0.15) is 0 Å². The van der Waals surface area contributed by atoms with E-state index in [-0.39, 0.29) is 0 Å². The summed E-state index contributed by atoms with van der Waals surface area (Å²) >= 11 is 0. The van der Waals surface area contributed by atoms with Gasteiger partial charge in [0.15, 0.2) is 0 Å². The van der Waals surface area contributed by atoms with Crippen LogP contribution in [-0.4, -0.2) is 36.4 Å². The van der Waals surface area contributed by atoms with E-state index in [9.17, 15) is 5.11 Å². The van der Waals surface area contributed by atoms with Crippen molar-refractivity contribution in [3.63, 3.8) is 0 Å². The normalized spacial score (nSPS) is 12.0. The van der Waals surface area contributed by atoms with E-state index >= 15 is 0 Å². The minimum atomic E-state index is -0.804. The van der Waals surface area contributed by atoms with Crippen molar-refractivity contribution < 1.29 is 5.11 Å². The van der Waals surface area contributed by atoms with Crippen molar-refractivity contribution >= 4 is 7.26 Å². The highest BCUT2D eigenvalue weighted by atomic mass is 31.2. The molecule has 182 valence electrons. The van der Waals surface area contributed by atoms with Gasteiger partial charge in [-0.2, -0.15) is 0 Å². The fourth-order valence-corrected chi connectivity index (χ4v) is 9.83. The SMILES string of the molecule is CCCCCCCC[P+](CCCCO)(CCCCCCCC)CCCCCCCC. The first-order valence-electron chi connectivity index (χ1n) is 14.2. The summed E-state index contributed by atoms with van der Waals surface area (Å²) in [4.78, 5) is 0. The third-order valence-electron chi connectivity index (χ3n) is 7.00. The van der Waals surface area contributed by atoms with E-state index in [1.807, 2.05) is 0 Å². The summed E-state index contributed by atoms with van der Waals surface area (Å²) < 4.78 is 0. The molecule has 30 heavy (non-hydrogen) atoms. The number of hydrogen-bond acceptors (Lipinski definition) is 1. The van der Waals surface area contributed by atoms with E-state index in [2.05, 4.69) is 20.8 Å². The van der Waals surface area contributed by atoms with Gasteiger partial charge in [-0.1, -0.05) is 97.8 Å². The van der Waals surface area contributed by atoms with Crippen molar-refractivity contribution in [1.29, 1.82) is 0 Å². The Balaban J connectivity index is 4.61. The van der Waals surface area contributed by atoms with Crippen molar-refractivity contribution in [2.45, 2.75) is 149 Å². The van der Waals surface area contributed by atoms with Crippen LogP contribution in [0.3, 0.4) is 0 Å². The lowest BCUT2D eigenvalue weighted by atomic mass is 10.1. The summed E-state index contributed by atoms with van der Waals surface area (Å²) in [5.74, 6) is 0. The average Bonchev–Trinajstić information content (AvgIpc) is 2.75. The van der Waals surface area contributed by atoms with Gasteiger partial charge < -0.3 is 5.11 Å². The van der Waals surface area contributed by atoms with Crippen molar-refractivity contribution in [3.05, 3.63) is 0 Å². The average molecular weight is 444 g/mol. The summed E-state index contributed by atoms with van der Waals surface area (Å²) in [6, 6.07) is 0. The van der Waals surface area contributed by atoms with Crippen LogP contribution in [0.25, 0.3) is 0 Å². The molecule has 0 aliphatic rings. The molecule has 0 saturated heterocycles. The minimum Gasteiger partial charge on any atom is -0.396 e. The predicted molar refractivity (Wildman–Crippen MR) is 143 cm³/mol. The monoisotopic (exact) mass is 443 g/mol. The molecule has 0 heterocycles. The number of hydrogen-bond donors (Lipinski definition) is 1. The van der Waals surface area contributed by atoms with Crippen LogP contribution >= 0.6 is 7.26 Å². The van der Waals surface area contributed by atoms with E-state index in [0.29, 0.717) is 6.61 Å². The van der Waals surface area contributed by atoms with Gasteiger partial charge in [0.2, 0.25) is 0 Å². The Bertz CT molecular complexity index is 277. The van der Waals surface area contributed by atoms with Crippen LogP contribution in [-0.2, 0) is 0 Å². The number of unbranched alkanes of at least 4 members (excludes halogenated alkanes) is 16. The molecule has 1 N–H and O–H groups in total. The Morgan fingerprint density at radius 2 is 0.633 bits per heavy atom. The van der Waals surface area contributed by atoms with E-state index in [4.69, 9.17) is 0 Å². The van der Waals surface area contributed by atoms with Crippen LogP contribution in [0.15, 0.2) is 0 Å². The van der Waals surface area contributed by atoms with Gasteiger partial charge in [-0.3, -0.25) is 0 Å². The Morgan fingerprint density at radius 3 is 0.933 bits per heavy atom. The first kappa shape index (κ1) is 30.4. The van der Waals surface area contributed by atoms with Crippen molar-refractivity contribution in [3.8, 4) is 0 Å². The predicted octanol–water partition coefficient (Wildman–Crippen LogP) is 9.86. The van der Waals surface area contributed by atoms with Crippen LogP contribution in [0.2, 0.25) is 0 Å². The molecule has 0 aromatic heterocycles. The third kappa shape index (κ3) is 19.1. The van der Waals surface area contributed by atoms with E-state index in [1.54, 1.807) is 18.5 Å². The summed E-state index contributed by atoms with van der Waals surface area (Å²) in [5, 5.41) is 9.37. The standard InChI is InChI=1S/C28H60OP/c1-4-7-10-13-16-20-25-30(28-23-19-24-29,26-21-17-14-11-8-5-2)27-22-18-15-12-9-6-3/h29H,4-28H2,1-3H3/q+1. The number of aliphatic hydroxyl groups is 1. The topological polar surface area (TPSA) is 20.2 Å². The quantitative estimate of drug-likeness (QED) is 0.110. The van der Waals surface area contributed by atoms with Gasteiger partial charge >= 0.3 is 0 Å². The van der Waals surface area contributed by atoms with E-state index < -0.39 is 7.26 Å². The molecular weight excluding hydrogens is 383 g/mol. The smallest absolute Gasteiger partial charge is 0.0595 e. The van der Waals surface area contributed by atoms with Crippen LogP contribution in [0.5, 0.6) is 0 Å². The molecule has 0 bridgehead atoms. The molecule has 0 amide bonds. The molecule has 2 heteroatoms. The van der Waals surface area contributed by atoms with Crippen LogP contribution in [0, 0.1) is 0 Å². The second kappa shape index (κ2) is 24.0. The van der Waals surface area contributed by atoms with Gasteiger partial charge in [-0.25, -0.2) is 0 Å². The molecule has 0 unspecified atom stereocenters. The molecule has 0 aromatic carbocycles. The summed E-state index contributed by atoms with van der Waals surface area (Å²) in [7, 11) is -0.804. The lowest BCUT2D eigenvalue weighted by Gasteiger charge is -2.28. The second-order valence-corrected chi connectivity index (χ2v) is 14.4. The van der Waals surface area contributed by atoms with Crippen molar-refractivity contribution in [2.24, 2.45) is 0 Å². The molecule has 1 nitrogen and oxygen atoms in total. The lowest BCUT2D eigenvalue weighted by Crippen LogP contribution is -2.13. The molecule has 0 spiro atoms. The summed E-state index contributed by atoms with van der Waals surface area (Å²) in [5.41, 5.74) is 0. The second-order valence-electron chi connectivity index (χ2n) is 9.97. The fourth-order valence-electron chi connectivity index (χ4n) is 4.91. The van der Waals surface area contributed by atoms with Crippen LogP contribution in [0.1, 0.15) is 149 Å². The number of rotatable bonds is 25. The summed E-state index contributed by atoms with van der Waals surface area (Å²) in [6.07, 6.45) is 34.4. The molecular formula is C28H60OP+. The molecule has 0 aliphatic heterocycles.